The molecule has 3 aromatic rings. The number of aromatic nitrogens is 2. The summed E-state index contributed by atoms with van der Waals surface area (Å²) in [7, 11) is 1.56. The minimum atomic E-state index is -4.72. The van der Waals surface area contributed by atoms with E-state index in [0.29, 0.717) is 40.2 Å². The Hall–Kier alpha value is -3.38. The number of pyridine rings is 2. The van der Waals surface area contributed by atoms with Crippen LogP contribution in [0, 0.1) is 18.3 Å². The van der Waals surface area contributed by atoms with Gasteiger partial charge in [0.05, 0.1) is 39.5 Å². The molecule has 5 heterocycles. The summed E-state index contributed by atoms with van der Waals surface area (Å²) >= 11 is 1.21. The molecule has 2 aliphatic heterocycles. The summed E-state index contributed by atoms with van der Waals surface area (Å²) in [5, 5.41) is 0. The Labute approximate surface area is 233 Å². The number of amides is 3. The highest BCUT2D eigenvalue weighted by atomic mass is 32.1. The van der Waals surface area contributed by atoms with Gasteiger partial charge >= 0.3 is 6.18 Å². The molecule has 12 heteroatoms. The van der Waals surface area contributed by atoms with Crippen molar-refractivity contribution in [2.75, 3.05) is 20.2 Å². The van der Waals surface area contributed by atoms with E-state index in [1.54, 1.807) is 44.9 Å². The highest BCUT2D eigenvalue weighted by Crippen LogP contribution is 2.41. The zero-order chi connectivity index (χ0) is 29.1. The molecule has 0 bridgehead atoms. The lowest BCUT2D eigenvalue weighted by Gasteiger charge is -2.21. The van der Waals surface area contributed by atoms with Crippen molar-refractivity contribution < 1.29 is 32.3 Å². The Morgan fingerprint density at radius 1 is 1.25 bits per heavy atom. The lowest BCUT2D eigenvalue weighted by Crippen LogP contribution is -2.32. The molecule has 2 saturated heterocycles. The van der Waals surface area contributed by atoms with Crippen LogP contribution in [0.15, 0.2) is 24.4 Å². The maximum atomic E-state index is 13.9. The van der Waals surface area contributed by atoms with E-state index in [2.05, 4.69) is 9.97 Å². The third-order valence-corrected chi connectivity index (χ3v) is 9.18. The second kappa shape index (κ2) is 9.91. The summed E-state index contributed by atoms with van der Waals surface area (Å²) in [6.07, 6.45) is -2.79. The summed E-state index contributed by atoms with van der Waals surface area (Å²) in [5.74, 6) is -1.45. The number of nitrogens with zero attached hydrogens (tertiary/aromatic N) is 4. The van der Waals surface area contributed by atoms with Crippen LogP contribution in [0.4, 0.5) is 13.2 Å². The summed E-state index contributed by atoms with van der Waals surface area (Å²) in [6, 6.07) is 4.15. The summed E-state index contributed by atoms with van der Waals surface area (Å²) in [4.78, 5) is 51.2. The molecule has 3 aromatic heterocycles. The van der Waals surface area contributed by atoms with Crippen LogP contribution < -0.4 is 0 Å². The Morgan fingerprint density at radius 3 is 2.58 bits per heavy atom. The summed E-state index contributed by atoms with van der Waals surface area (Å²) in [5.41, 5.74) is -0.958. The van der Waals surface area contributed by atoms with Crippen molar-refractivity contribution in [1.82, 2.24) is 19.8 Å². The number of carbonyl (C=O) groups excluding carboxylic acids is 3. The van der Waals surface area contributed by atoms with Crippen molar-refractivity contribution in [2.45, 2.75) is 52.9 Å². The first-order chi connectivity index (χ1) is 18.7. The number of methoxy groups -OCH3 is 1. The average Bonchev–Trinajstić information content (AvgIpc) is 3.58. The van der Waals surface area contributed by atoms with Crippen molar-refractivity contribution in [3.05, 3.63) is 46.1 Å². The zero-order valence-electron chi connectivity index (χ0n) is 22.8. The van der Waals surface area contributed by atoms with E-state index in [9.17, 15) is 27.6 Å². The lowest BCUT2D eigenvalue weighted by molar-refractivity contribution is -0.142. The van der Waals surface area contributed by atoms with Crippen molar-refractivity contribution >= 4 is 39.3 Å². The van der Waals surface area contributed by atoms with Gasteiger partial charge in [0.1, 0.15) is 5.69 Å². The van der Waals surface area contributed by atoms with Crippen LogP contribution in [0.2, 0.25) is 0 Å². The smallest absolute Gasteiger partial charge is 0.380 e. The third kappa shape index (κ3) is 4.66. The van der Waals surface area contributed by atoms with Gasteiger partial charge in [-0.05, 0) is 37.1 Å². The summed E-state index contributed by atoms with van der Waals surface area (Å²) < 4.78 is 47.4. The fraction of sp³-hybridized carbons (Fsp3) is 0.464. The quantitative estimate of drug-likeness (QED) is 0.395. The molecular weight excluding hydrogens is 545 g/mol. The third-order valence-electron chi connectivity index (χ3n) is 8.03. The molecule has 8 nitrogen and oxygen atoms in total. The highest BCUT2D eigenvalue weighted by Gasteiger charge is 2.51. The lowest BCUT2D eigenvalue weighted by atomic mass is 9.82. The molecule has 0 radical (unpaired) electrons. The van der Waals surface area contributed by atoms with Crippen LogP contribution in [0.25, 0.3) is 21.5 Å². The minimum Gasteiger partial charge on any atom is -0.380 e. The molecular formula is C28H29F3N4O4S. The van der Waals surface area contributed by atoms with E-state index in [1.807, 2.05) is 0 Å². The van der Waals surface area contributed by atoms with Gasteiger partial charge in [-0.1, -0.05) is 20.8 Å². The van der Waals surface area contributed by atoms with Gasteiger partial charge in [0, 0.05) is 42.8 Å². The average molecular weight is 575 g/mol. The van der Waals surface area contributed by atoms with Gasteiger partial charge in [0.15, 0.2) is 0 Å². The largest absolute Gasteiger partial charge is 0.433 e. The molecule has 40 heavy (non-hydrogen) atoms. The number of hydrogen-bond acceptors (Lipinski definition) is 7. The minimum absolute atomic E-state index is 0.0267. The van der Waals surface area contributed by atoms with Gasteiger partial charge in [-0.3, -0.25) is 24.3 Å². The number of halogens is 3. The summed E-state index contributed by atoms with van der Waals surface area (Å²) in [6.45, 7) is 7.44. The molecule has 5 rings (SSSR count). The van der Waals surface area contributed by atoms with E-state index in [4.69, 9.17) is 4.74 Å². The first kappa shape index (κ1) is 28.2. The SMILES string of the molecule is CO[C@H]1CCN(C(=O)c2c(C)cc(C(F)(F)F)nc2-c2ccnc3cc(CN4C(=O)C(C)C(C)(C)C4=O)sc23)C1. The maximum absolute atomic E-state index is 13.9. The monoisotopic (exact) mass is 574 g/mol. The van der Waals surface area contributed by atoms with Gasteiger partial charge in [-0.25, -0.2) is 4.98 Å². The van der Waals surface area contributed by atoms with Crippen LogP contribution >= 0.6 is 11.3 Å². The number of hydrogen-bond donors (Lipinski definition) is 0. The first-order valence-electron chi connectivity index (χ1n) is 12.9. The van der Waals surface area contributed by atoms with Gasteiger partial charge < -0.3 is 9.64 Å². The predicted molar refractivity (Wildman–Crippen MR) is 142 cm³/mol. The molecule has 0 N–H and O–H groups in total. The van der Waals surface area contributed by atoms with E-state index in [0.717, 1.165) is 6.07 Å². The fourth-order valence-corrected chi connectivity index (χ4v) is 6.40. The van der Waals surface area contributed by atoms with E-state index in [-0.39, 0.29) is 41.3 Å². The molecule has 1 unspecified atom stereocenters. The van der Waals surface area contributed by atoms with Crippen LogP contribution in [-0.4, -0.2) is 63.8 Å². The molecule has 2 fully saturated rings. The maximum Gasteiger partial charge on any atom is 0.433 e. The number of carbonyl (C=O) groups is 3. The fourth-order valence-electron chi connectivity index (χ4n) is 5.28. The van der Waals surface area contributed by atoms with E-state index < -0.39 is 29.1 Å². The number of imide groups is 1. The number of ether oxygens (including phenoxy) is 1. The van der Waals surface area contributed by atoms with Gasteiger partial charge in [0.25, 0.3) is 5.91 Å². The molecule has 0 aliphatic carbocycles. The predicted octanol–water partition coefficient (Wildman–Crippen LogP) is 5.08. The second-order valence-electron chi connectivity index (χ2n) is 10.9. The number of fused-ring (bicyclic) bond motifs is 1. The topological polar surface area (TPSA) is 92.7 Å². The van der Waals surface area contributed by atoms with Crippen LogP contribution in [-0.2, 0) is 27.0 Å². The van der Waals surface area contributed by atoms with Gasteiger partial charge in [-0.15, -0.1) is 11.3 Å². The second-order valence-corrected chi connectivity index (χ2v) is 12.0. The number of aryl methyl sites for hydroxylation is 1. The van der Waals surface area contributed by atoms with E-state index in [1.165, 1.54) is 29.4 Å². The molecule has 0 aromatic carbocycles. The van der Waals surface area contributed by atoms with Crippen LogP contribution in [0.5, 0.6) is 0 Å². The first-order valence-corrected chi connectivity index (χ1v) is 13.7. The highest BCUT2D eigenvalue weighted by molar-refractivity contribution is 7.19. The number of alkyl halides is 3. The van der Waals surface area contributed by atoms with Crippen molar-refractivity contribution in [1.29, 1.82) is 0 Å². The zero-order valence-corrected chi connectivity index (χ0v) is 23.6. The molecule has 2 aliphatic rings. The van der Waals surface area contributed by atoms with Crippen LogP contribution in [0.1, 0.15) is 53.7 Å². The normalized spacial score (nSPS) is 21.2. The molecule has 2 atom stereocenters. The van der Waals surface area contributed by atoms with E-state index >= 15 is 0 Å². The van der Waals surface area contributed by atoms with Crippen molar-refractivity contribution in [3.63, 3.8) is 0 Å². The standard InChI is InChI=1S/C28H29F3N4O4S/c1-14-10-20(28(29,30)31)33-22(21(14)25(37)34-9-7-16(12-34)39-5)18-6-8-32-19-11-17(40-23(18)19)13-35-24(36)15(2)27(3,4)26(35)38/h6,8,10-11,15-16H,7,9,12-13H2,1-5H3/t15?,16-/m0/s1. The van der Waals surface area contributed by atoms with Crippen molar-refractivity contribution in [3.8, 4) is 11.3 Å². The Morgan fingerprint density at radius 2 is 1.98 bits per heavy atom. The number of rotatable bonds is 5. The Balaban J connectivity index is 1.61. The van der Waals surface area contributed by atoms with Crippen molar-refractivity contribution in [2.24, 2.45) is 11.3 Å². The Kier molecular flexibility index (Phi) is 6.98. The molecule has 0 saturated carbocycles. The molecule has 0 spiro atoms. The molecule has 3 amide bonds. The number of likely N-dealkylation sites (tertiary alicyclic amines) is 2. The Bertz CT molecular complexity index is 1530. The number of thiophene rings is 1. The van der Waals surface area contributed by atoms with Crippen LogP contribution in [0.3, 0.4) is 0 Å². The molecule has 212 valence electrons. The van der Waals surface area contributed by atoms with Gasteiger partial charge in [-0.2, -0.15) is 13.2 Å². The van der Waals surface area contributed by atoms with Gasteiger partial charge in [0.2, 0.25) is 11.8 Å².